The van der Waals surface area contributed by atoms with Crippen LogP contribution in [-0.4, -0.2) is 37.5 Å². The van der Waals surface area contributed by atoms with E-state index in [0.29, 0.717) is 19.3 Å². The molecule has 0 aliphatic carbocycles. The van der Waals surface area contributed by atoms with Crippen LogP contribution in [0.3, 0.4) is 0 Å². The minimum Gasteiger partial charge on any atom is -0.325 e. The molecule has 1 fully saturated rings. The Hall–Kier alpha value is -1.61. The van der Waals surface area contributed by atoms with Crippen molar-refractivity contribution in [2.24, 2.45) is 0 Å². The minimum absolute atomic E-state index is 0.0103. The minimum atomic E-state index is -4.51. The Labute approximate surface area is 132 Å². The molecule has 1 aliphatic heterocycles. The molecule has 0 unspecified atom stereocenters. The normalized spacial score (nSPS) is 20.3. The number of halogens is 3. The second-order valence-electron chi connectivity index (χ2n) is 5.45. The SMILES string of the molecule is CS(=O)(=O)N1CCCC[C@@H]1C(=O)Nc1cccc(C(F)(F)F)c1. The topological polar surface area (TPSA) is 66.5 Å². The van der Waals surface area contributed by atoms with Gasteiger partial charge in [-0.15, -0.1) is 0 Å². The van der Waals surface area contributed by atoms with E-state index in [-0.39, 0.29) is 12.2 Å². The Kier molecular flexibility index (Phi) is 5.00. The van der Waals surface area contributed by atoms with Crippen molar-refractivity contribution in [1.82, 2.24) is 4.31 Å². The van der Waals surface area contributed by atoms with Gasteiger partial charge in [0.1, 0.15) is 6.04 Å². The van der Waals surface area contributed by atoms with Crippen LogP contribution in [0, 0.1) is 0 Å². The summed E-state index contributed by atoms with van der Waals surface area (Å²) < 4.78 is 62.6. The smallest absolute Gasteiger partial charge is 0.325 e. The number of nitrogens with zero attached hydrogens (tertiary/aromatic N) is 1. The quantitative estimate of drug-likeness (QED) is 0.911. The molecule has 0 aromatic heterocycles. The van der Waals surface area contributed by atoms with E-state index >= 15 is 0 Å². The molecule has 1 atom stereocenters. The molecule has 5 nitrogen and oxygen atoms in total. The van der Waals surface area contributed by atoms with E-state index in [9.17, 15) is 26.4 Å². The molecule has 1 saturated heterocycles. The van der Waals surface area contributed by atoms with E-state index in [1.54, 1.807) is 0 Å². The van der Waals surface area contributed by atoms with Crippen LogP contribution >= 0.6 is 0 Å². The number of alkyl halides is 3. The molecule has 0 spiro atoms. The molecule has 1 aliphatic rings. The Morgan fingerprint density at radius 2 is 2.00 bits per heavy atom. The van der Waals surface area contributed by atoms with Crippen LogP contribution < -0.4 is 5.32 Å². The van der Waals surface area contributed by atoms with Crippen molar-refractivity contribution in [1.29, 1.82) is 0 Å². The molecule has 0 saturated carbocycles. The molecular weight excluding hydrogens is 333 g/mol. The molecule has 0 radical (unpaired) electrons. The number of carbonyl (C=O) groups is 1. The molecule has 23 heavy (non-hydrogen) atoms. The highest BCUT2D eigenvalue weighted by Gasteiger charge is 2.35. The monoisotopic (exact) mass is 350 g/mol. The summed E-state index contributed by atoms with van der Waals surface area (Å²) in [5.41, 5.74) is -0.886. The van der Waals surface area contributed by atoms with E-state index in [4.69, 9.17) is 0 Å². The van der Waals surface area contributed by atoms with Crippen molar-refractivity contribution in [3.63, 3.8) is 0 Å². The first-order valence-electron chi connectivity index (χ1n) is 7.04. The Bertz CT molecular complexity index is 689. The number of amides is 1. The van der Waals surface area contributed by atoms with E-state index in [0.717, 1.165) is 22.7 Å². The Balaban J connectivity index is 2.18. The zero-order valence-electron chi connectivity index (χ0n) is 12.4. The van der Waals surface area contributed by atoms with Crippen LogP contribution in [0.2, 0.25) is 0 Å². The number of rotatable bonds is 3. The van der Waals surface area contributed by atoms with Gasteiger partial charge in [-0.05, 0) is 31.0 Å². The first-order valence-corrected chi connectivity index (χ1v) is 8.89. The number of piperidine rings is 1. The largest absolute Gasteiger partial charge is 0.416 e. The van der Waals surface area contributed by atoms with Crippen molar-refractivity contribution in [2.75, 3.05) is 18.1 Å². The number of anilines is 1. The highest BCUT2D eigenvalue weighted by molar-refractivity contribution is 7.88. The number of nitrogens with one attached hydrogen (secondary N) is 1. The summed E-state index contributed by atoms with van der Waals surface area (Å²) in [6, 6.07) is 3.35. The molecule has 1 amide bonds. The van der Waals surface area contributed by atoms with E-state index < -0.39 is 33.7 Å². The average Bonchev–Trinajstić information content (AvgIpc) is 2.46. The average molecular weight is 350 g/mol. The molecule has 1 aromatic rings. The molecule has 9 heteroatoms. The van der Waals surface area contributed by atoms with Crippen LogP contribution in [0.4, 0.5) is 18.9 Å². The van der Waals surface area contributed by atoms with Gasteiger partial charge in [0.25, 0.3) is 0 Å². The lowest BCUT2D eigenvalue weighted by atomic mass is 10.0. The molecular formula is C14H17F3N2O3S. The third-order valence-electron chi connectivity index (χ3n) is 3.64. The fourth-order valence-corrected chi connectivity index (χ4v) is 3.69. The highest BCUT2D eigenvalue weighted by Crippen LogP contribution is 2.31. The zero-order chi connectivity index (χ0) is 17.3. The standard InChI is InChI=1S/C14H17F3N2O3S/c1-23(21,22)19-8-3-2-7-12(19)13(20)18-11-6-4-5-10(9-11)14(15,16)17/h4-6,9,12H,2-3,7-8H2,1H3,(H,18,20)/t12-/m1/s1. The van der Waals surface area contributed by atoms with Crippen LogP contribution in [0.15, 0.2) is 24.3 Å². The number of carbonyl (C=O) groups excluding carboxylic acids is 1. The number of benzene rings is 1. The van der Waals surface area contributed by atoms with E-state index in [1.807, 2.05) is 0 Å². The number of hydrogen-bond acceptors (Lipinski definition) is 3. The zero-order valence-corrected chi connectivity index (χ0v) is 13.2. The lowest BCUT2D eigenvalue weighted by Gasteiger charge is -2.32. The third kappa shape index (κ3) is 4.44. The number of hydrogen-bond donors (Lipinski definition) is 1. The summed E-state index contributed by atoms with van der Waals surface area (Å²) in [6.45, 7) is 0.236. The van der Waals surface area contributed by atoms with Gasteiger partial charge in [0, 0.05) is 12.2 Å². The van der Waals surface area contributed by atoms with Gasteiger partial charge in [-0.1, -0.05) is 12.5 Å². The molecule has 128 valence electrons. The highest BCUT2D eigenvalue weighted by atomic mass is 32.2. The maximum atomic E-state index is 12.7. The molecule has 2 rings (SSSR count). The summed E-state index contributed by atoms with van der Waals surface area (Å²) >= 11 is 0. The second kappa shape index (κ2) is 6.48. The molecule has 1 heterocycles. The number of sulfonamides is 1. The maximum Gasteiger partial charge on any atom is 0.416 e. The fourth-order valence-electron chi connectivity index (χ4n) is 2.56. The van der Waals surface area contributed by atoms with Gasteiger partial charge in [-0.2, -0.15) is 17.5 Å². The summed E-state index contributed by atoms with van der Waals surface area (Å²) in [7, 11) is -3.55. The predicted octanol–water partition coefficient (Wildman–Crippen LogP) is 2.46. The van der Waals surface area contributed by atoms with Gasteiger partial charge >= 0.3 is 6.18 Å². The predicted molar refractivity (Wildman–Crippen MR) is 79.3 cm³/mol. The van der Waals surface area contributed by atoms with Gasteiger partial charge in [-0.25, -0.2) is 8.42 Å². The van der Waals surface area contributed by atoms with Crippen molar-refractivity contribution in [2.45, 2.75) is 31.5 Å². The second-order valence-corrected chi connectivity index (χ2v) is 7.39. The lowest BCUT2D eigenvalue weighted by molar-refractivity contribution is -0.137. The molecule has 1 aromatic carbocycles. The fraction of sp³-hybridized carbons (Fsp3) is 0.500. The van der Waals surface area contributed by atoms with Crippen LogP contribution in [-0.2, 0) is 21.0 Å². The molecule has 1 N–H and O–H groups in total. The van der Waals surface area contributed by atoms with Gasteiger partial charge < -0.3 is 5.32 Å². The Morgan fingerprint density at radius 1 is 1.30 bits per heavy atom. The lowest BCUT2D eigenvalue weighted by Crippen LogP contribution is -2.49. The first-order chi connectivity index (χ1) is 10.6. The van der Waals surface area contributed by atoms with E-state index in [1.165, 1.54) is 12.1 Å². The maximum absolute atomic E-state index is 12.7. The first kappa shape index (κ1) is 17.7. The van der Waals surface area contributed by atoms with Crippen LogP contribution in [0.1, 0.15) is 24.8 Å². The Morgan fingerprint density at radius 3 is 2.61 bits per heavy atom. The summed E-state index contributed by atoms with van der Waals surface area (Å²) in [6.07, 6.45) is -1.81. The summed E-state index contributed by atoms with van der Waals surface area (Å²) in [5, 5.41) is 2.38. The van der Waals surface area contributed by atoms with Crippen molar-refractivity contribution >= 4 is 21.6 Å². The van der Waals surface area contributed by atoms with Crippen molar-refractivity contribution < 1.29 is 26.4 Å². The van der Waals surface area contributed by atoms with Crippen LogP contribution in [0.25, 0.3) is 0 Å². The van der Waals surface area contributed by atoms with Gasteiger partial charge in [0.2, 0.25) is 15.9 Å². The van der Waals surface area contributed by atoms with Gasteiger partial charge in [-0.3, -0.25) is 4.79 Å². The van der Waals surface area contributed by atoms with Crippen molar-refractivity contribution in [3.8, 4) is 0 Å². The van der Waals surface area contributed by atoms with Crippen LogP contribution in [0.5, 0.6) is 0 Å². The third-order valence-corrected chi connectivity index (χ3v) is 4.93. The summed E-state index contributed by atoms with van der Waals surface area (Å²) in [4.78, 5) is 12.3. The summed E-state index contributed by atoms with van der Waals surface area (Å²) in [5.74, 6) is -0.616. The van der Waals surface area contributed by atoms with Crippen molar-refractivity contribution in [3.05, 3.63) is 29.8 Å². The van der Waals surface area contributed by atoms with E-state index in [2.05, 4.69) is 5.32 Å². The molecule has 0 bridgehead atoms. The van der Waals surface area contributed by atoms with Gasteiger partial charge in [0.05, 0.1) is 11.8 Å². The van der Waals surface area contributed by atoms with Gasteiger partial charge in [0.15, 0.2) is 0 Å².